The molecule has 2 unspecified atom stereocenters. The molecule has 0 aliphatic heterocycles. The summed E-state index contributed by atoms with van der Waals surface area (Å²) in [5.74, 6) is 1.72. The van der Waals surface area contributed by atoms with E-state index in [1.807, 2.05) is 11.4 Å². The number of aromatic nitrogens is 2. The highest BCUT2D eigenvalue weighted by Gasteiger charge is 2.24. The second-order valence-corrected chi connectivity index (χ2v) is 6.62. The Hall–Kier alpha value is -1.24. The van der Waals surface area contributed by atoms with E-state index >= 15 is 0 Å². The highest BCUT2D eigenvalue weighted by Crippen LogP contribution is 2.29. The number of nitrogens with two attached hydrogens (primary N) is 1. The molecule has 1 saturated carbocycles. The summed E-state index contributed by atoms with van der Waals surface area (Å²) in [6.45, 7) is 1.80. The van der Waals surface area contributed by atoms with Crippen LogP contribution in [0.1, 0.15) is 31.5 Å². The lowest BCUT2D eigenvalue weighted by Gasteiger charge is -2.30. The number of ether oxygens (including phenoxy) is 1. The molecule has 0 saturated heterocycles. The number of aromatic amines is 1. The third-order valence-electron chi connectivity index (χ3n) is 4.30. The number of nitrogens with one attached hydrogen (secondary N) is 1. The molecule has 5 nitrogen and oxygen atoms in total. The van der Waals surface area contributed by atoms with Crippen LogP contribution in [0.2, 0.25) is 0 Å². The van der Waals surface area contributed by atoms with Crippen molar-refractivity contribution in [3.05, 3.63) is 27.6 Å². The fraction of sp³-hybridized carbons (Fsp3) is 0.600. The lowest BCUT2D eigenvalue weighted by atomic mass is 9.80. The Labute approximate surface area is 127 Å². The lowest BCUT2D eigenvalue weighted by molar-refractivity contribution is 0.0481. The standard InChI is InChI=1S/C15H21N3O2S/c16-7-10-3-1-2-4-11(10)8-20-9-13-17-12-5-6-21-14(12)15(19)18-13/h5-6,10-11H,1-4,7-9,16H2,(H,17,18,19). The van der Waals surface area contributed by atoms with Crippen molar-refractivity contribution in [1.29, 1.82) is 0 Å². The van der Waals surface area contributed by atoms with E-state index in [4.69, 9.17) is 10.5 Å². The molecule has 114 valence electrons. The van der Waals surface area contributed by atoms with E-state index in [2.05, 4.69) is 9.97 Å². The predicted octanol–water partition coefficient (Wildman–Crippen LogP) is 2.27. The lowest BCUT2D eigenvalue weighted by Crippen LogP contribution is -2.30. The second-order valence-electron chi connectivity index (χ2n) is 5.70. The van der Waals surface area contributed by atoms with Crippen LogP contribution in [0.5, 0.6) is 0 Å². The minimum absolute atomic E-state index is 0.0777. The number of H-pyrrole nitrogens is 1. The van der Waals surface area contributed by atoms with Crippen molar-refractivity contribution < 1.29 is 4.74 Å². The van der Waals surface area contributed by atoms with Gasteiger partial charge in [-0.05, 0) is 42.7 Å². The maximum absolute atomic E-state index is 11.9. The first-order valence-corrected chi connectivity index (χ1v) is 8.40. The van der Waals surface area contributed by atoms with E-state index < -0.39 is 0 Å². The van der Waals surface area contributed by atoms with Gasteiger partial charge in [0, 0.05) is 0 Å². The summed E-state index contributed by atoms with van der Waals surface area (Å²) in [6.07, 6.45) is 4.94. The van der Waals surface area contributed by atoms with Crippen LogP contribution in [-0.4, -0.2) is 23.1 Å². The molecule has 1 aliphatic carbocycles. The Morgan fingerprint density at radius 2 is 2.19 bits per heavy atom. The zero-order valence-electron chi connectivity index (χ0n) is 12.0. The van der Waals surface area contributed by atoms with E-state index in [0.29, 0.717) is 35.6 Å². The van der Waals surface area contributed by atoms with Gasteiger partial charge in [0.05, 0.1) is 12.1 Å². The summed E-state index contributed by atoms with van der Waals surface area (Å²) < 4.78 is 6.46. The molecule has 0 radical (unpaired) electrons. The Bertz CT molecular complexity index is 652. The summed E-state index contributed by atoms with van der Waals surface area (Å²) in [6, 6.07) is 1.87. The molecule has 1 fully saturated rings. The molecule has 0 aromatic carbocycles. The number of fused-ring (bicyclic) bond motifs is 1. The van der Waals surface area contributed by atoms with Gasteiger partial charge in [0.15, 0.2) is 0 Å². The highest BCUT2D eigenvalue weighted by atomic mass is 32.1. The monoisotopic (exact) mass is 307 g/mol. The van der Waals surface area contributed by atoms with Gasteiger partial charge in [-0.2, -0.15) is 0 Å². The molecular weight excluding hydrogens is 286 g/mol. The molecule has 6 heteroatoms. The van der Waals surface area contributed by atoms with Crippen LogP contribution in [-0.2, 0) is 11.3 Å². The molecule has 2 heterocycles. The average Bonchev–Trinajstić information content (AvgIpc) is 2.97. The van der Waals surface area contributed by atoms with E-state index in [1.54, 1.807) is 0 Å². The number of thiophene rings is 1. The van der Waals surface area contributed by atoms with Crippen LogP contribution < -0.4 is 11.3 Å². The molecule has 0 spiro atoms. The quantitative estimate of drug-likeness (QED) is 0.888. The van der Waals surface area contributed by atoms with E-state index in [1.165, 1.54) is 37.0 Å². The molecule has 3 rings (SSSR count). The van der Waals surface area contributed by atoms with Gasteiger partial charge in [0.2, 0.25) is 0 Å². The van der Waals surface area contributed by atoms with Crippen LogP contribution in [0.15, 0.2) is 16.2 Å². The number of hydrogen-bond donors (Lipinski definition) is 2. The van der Waals surface area contributed by atoms with Gasteiger partial charge in [-0.25, -0.2) is 4.98 Å². The molecular formula is C15H21N3O2S. The number of rotatable bonds is 5. The maximum Gasteiger partial charge on any atom is 0.268 e. The Balaban J connectivity index is 1.60. The summed E-state index contributed by atoms with van der Waals surface area (Å²) in [5, 5.41) is 1.88. The maximum atomic E-state index is 11.9. The molecule has 0 bridgehead atoms. The topological polar surface area (TPSA) is 81.0 Å². The zero-order valence-corrected chi connectivity index (χ0v) is 12.8. The van der Waals surface area contributed by atoms with Gasteiger partial charge in [0.1, 0.15) is 17.1 Å². The first-order chi connectivity index (χ1) is 10.3. The first kappa shape index (κ1) is 14.7. The average molecular weight is 307 g/mol. The fourth-order valence-electron chi connectivity index (χ4n) is 3.11. The zero-order chi connectivity index (χ0) is 14.7. The summed E-state index contributed by atoms with van der Waals surface area (Å²) >= 11 is 1.41. The number of hydrogen-bond acceptors (Lipinski definition) is 5. The van der Waals surface area contributed by atoms with Gasteiger partial charge in [-0.3, -0.25) is 4.79 Å². The minimum atomic E-state index is -0.0777. The molecule has 2 atom stereocenters. The fourth-order valence-corrected chi connectivity index (χ4v) is 3.84. The predicted molar refractivity (Wildman–Crippen MR) is 84.4 cm³/mol. The van der Waals surface area contributed by atoms with Gasteiger partial charge >= 0.3 is 0 Å². The smallest absolute Gasteiger partial charge is 0.268 e. The largest absolute Gasteiger partial charge is 0.373 e. The highest BCUT2D eigenvalue weighted by molar-refractivity contribution is 7.17. The molecule has 1 aliphatic rings. The Morgan fingerprint density at radius 3 is 3.00 bits per heavy atom. The van der Waals surface area contributed by atoms with E-state index in [-0.39, 0.29) is 5.56 Å². The van der Waals surface area contributed by atoms with Crippen molar-refractivity contribution in [2.45, 2.75) is 32.3 Å². The van der Waals surface area contributed by atoms with Crippen molar-refractivity contribution in [3.63, 3.8) is 0 Å². The minimum Gasteiger partial charge on any atom is -0.373 e. The molecule has 3 N–H and O–H groups in total. The second kappa shape index (κ2) is 6.68. The first-order valence-electron chi connectivity index (χ1n) is 7.52. The van der Waals surface area contributed by atoms with Crippen LogP contribution in [0.4, 0.5) is 0 Å². The van der Waals surface area contributed by atoms with Gasteiger partial charge in [0.25, 0.3) is 5.56 Å². The normalized spacial score (nSPS) is 22.7. The van der Waals surface area contributed by atoms with Crippen LogP contribution in [0.3, 0.4) is 0 Å². The number of nitrogens with zero attached hydrogens (tertiary/aromatic N) is 1. The molecule has 2 aromatic heterocycles. The van der Waals surface area contributed by atoms with Crippen LogP contribution in [0, 0.1) is 11.8 Å². The SMILES string of the molecule is NCC1CCCCC1COCc1nc2ccsc2c(=O)[nH]1. The van der Waals surface area contributed by atoms with Crippen molar-refractivity contribution >= 4 is 21.6 Å². The van der Waals surface area contributed by atoms with Crippen LogP contribution >= 0.6 is 11.3 Å². The summed E-state index contributed by atoms with van der Waals surface area (Å²) in [5.41, 5.74) is 6.50. The van der Waals surface area contributed by atoms with Crippen LogP contribution in [0.25, 0.3) is 10.2 Å². The molecule has 2 aromatic rings. The third kappa shape index (κ3) is 3.33. The van der Waals surface area contributed by atoms with E-state index in [9.17, 15) is 4.79 Å². The Morgan fingerprint density at radius 1 is 1.38 bits per heavy atom. The van der Waals surface area contributed by atoms with Crippen molar-refractivity contribution in [1.82, 2.24) is 9.97 Å². The van der Waals surface area contributed by atoms with Crippen molar-refractivity contribution in [2.24, 2.45) is 17.6 Å². The molecule has 0 amide bonds. The van der Waals surface area contributed by atoms with Crippen molar-refractivity contribution in [3.8, 4) is 0 Å². The van der Waals surface area contributed by atoms with E-state index in [0.717, 1.165) is 12.1 Å². The molecule has 21 heavy (non-hydrogen) atoms. The summed E-state index contributed by atoms with van der Waals surface area (Å²) in [7, 11) is 0. The van der Waals surface area contributed by atoms with Crippen molar-refractivity contribution in [2.75, 3.05) is 13.2 Å². The Kier molecular flexibility index (Phi) is 4.67. The van der Waals surface area contributed by atoms with Gasteiger partial charge < -0.3 is 15.5 Å². The third-order valence-corrected chi connectivity index (χ3v) is 5.21. The summed E-state index contributed by atoms with van der Waals surface area (Å²) in [4.78, 5) is 19.1. The van der Waals surface area contributed by atoms with Gasteiger partial charge in [-0.1, -0.05) is 12.8 Å². The van der Waals surface area contributed by atoms with Gasteiger partial charge in [-0.15, -0.1) is 11.3 Å².